The van der Waals surface area contributed by atoms with E-state index >= 15 is 0 Å². The van der Waals surface area contributed by atoms with Crippen molar-refractivity contribution in [3.8, 4) is 0 Å². The monoisotopic (exact) mass is 449 g/mol. The number of aryl methyl sites for hydroxylation is 2. The first kappa shape index (κ1) is 23.0. The number of benzene rings is 2. The zero-order valence-electron chi connectivity index (χ0n) is 17.5. The fourth-order valence-electron chi connectivity index (χ4n) is 3.96. The molecule has 2 aromatic carbocycles. The van der Waals surface area contributed by atoms with Gasteiger partial charge < -0.3 is 15.1 Å². The van der Waals surface area contributed by atoms with Crippen molar-refractivity contribution in [2.24, 2.45) is 11.8 Å². The van der Waals surface area contributed by atoms with Crippen molar-refractivity contribution in [1.82, 2.24) is 0 Å². The number of anilines is 2. The van der Waals surface area contributed by atoms with E-state index in [2.05, 4.69) is 4.72 Å². The van der Waals surface area contributed by atoms with Crippen LogP contribution in [0.25, 0.3) is 0 Å². The molecule has 168 valence electrons. The number of hydrogen-bond acceptors (Lipinski definition) is 7. The molecule has 0 amide bonds. The maximum absolute atomic E-state index is 12.9. The van der Waals surface area contributed by atoms with Gasteiger partial charge >= 0.3 is 0 Å². The van der Waals surface area contributed by atoms with Crippen molar-refractivity contribution < 1.29 is 23.6 Å². The molecular formula is C21H27N3O6S. The first-order chi connectivity index (χ1) is 14.7. The Morgan fingerprint density at radius 2 is 1.90 bits per heavy atom. The Balaban J connectivity index is 1.89. The number of sulfonamides is 1. The van der Waals surface area contributed by atoms with Gasteiger partial charge in [0.05, 0.1) is 15.5 Å². The van der Waals surface area contributed by atoms with Crippen LogP contribution in [-0.4, -0.2) is 49.9 Å². The van der Waals surface area contributed by atoms with Crippen molar-refractivity contribution >= 4 is 27.1 Å². The average molecular weight is 450 g/mol. The highest BCUT2D eigenvalue weighted by Gasteiger charge is 2.32. The maximum atomic E-state index is 12.9. The van der Waals surface area contributed by atoms with E-state index in [1.807, 2.05) is 13.0 Å². The van der Waals surface area contributed by atoms with Gasteiger partial charge in [-0.25, -0.2) is 8.42 Å². The van der Waals surface area contributed by atoms with Crippen LogP contribution >= 0.6 is 0 Å². The highest BCUT2D eigenvalue weighted by molar-refractivity contribution is 7.92. The largest absolute Gasteiger partial charge is 0.396 e. The Hall–Kier alpha value is -2.69. The molecule has 0 unspecified atom stereocenters. The van der Waals surface area contributed by atoms with Crippen LogP contribution in [-0.2, 0) is 10.0 Å². The number of nitro benzene ring substituents is 1. The van der Waals surface area contributed by atoms with Crippen molar-refractivity contribution in [1.29, 1.82) is 0 Å². The predicted molar refractivity (Wildman–Crippen MR) is 118 cm³/mol. The molecule has 0 aliphatic carbocycles. The second-order valence-electron chi connectivity index (χ2n) is 7.95. The molecular weight excluding hydrogens is 422 g/mol. The molecule has 1 saturated heterocycles. The van der Waals surface area contributed by atoms with Crippen molar-refractivity contribution in [3.05, 3.63) is 57.6 Å². The van der Waals surface area contributed by atoms with Gasteiger partial charge in [-0.2, -0.15) is 0 Å². The zero-order valence-corrected chi connectivity index (χ0v) is 18.3. The Morgan fingerprint density at radius 3 is 2.52 bits per heavy atom. The number of nitrogens with zero attached hydrogens (tertiary/aromatic N) is 2. The van der Waals surface area contributed by atoms with E-state index in [1.165, 1.54) is 12.1 Å². The van der Waals surface area contributed by atoms with Crippen LogP contribution in [0.2, 0.25) is 0 Å². The van der Waals surface area contributed by atoms with Gasteiger partial charge in [0.15, 0.2) is 0 Å². The minimum atomic E-state index is -4.02. The molecule has 0 saturated carbocycles. The summed E-state index contributed by atoms with van der Waals surface area (Å²) in [6.07, 6.45) is 0.678. The molecule has 0 radical (unpaired) electrons. The standard InChI is InChI=1S/C21H27N3O6S/c1-14-3-5-19(15(2)9-14)22-31(29,30)18-4-6-20(21(10-18)24(27)28)23-8-7-16(11-23)17(12-25)13-26/h3-6,9-10,16-17,22,25-26H,7-8,11-13H2,1-2H3/t16-/m0/s1. The molecule has 1 heterocycles. The summed E-state index contributed by atoms with van der Waals surface area (Å²) in [5.74, 6) is -0.283. The van der Waals surface area contributed by atoms with Gasteiger partial charge in [-0.15, -0.1) is 0 Å². The summed E-state index contributed by atoms with van der Waals surface area (Å²) in [6, 6.07) is 9.17. The second-order valence-corrected chi connectivity index (χ2v) is 9.63. The highest BCUT2D eigenvalue weighted by Crippen LogP contribution is 2.36. The summed E-state index contributed by atoms with van der Waals surface area (Å²) in [4.78, 5) is 12.7. The lowest BCUT2D eigenvalue weighted by Crippen LogP contribution is -2.27. The number of nitrogens with one attached hydrogen (secondary N) is 1. The summed E-state index contributed by atoms with van der Waals surface area (Å²) in [7, 11) is -4.02. The zero-order chi connectivity index (χ0) is 22.8. The molecule has 31 heavy (non-hydrogen) atoms. The van der Waals surface area contributed by atoms with Gasteiger partial charge in [-0.3, -0.25) is 14.8 Å². The lowest BCUT2D eigenvalue weighted by atomic mass is 9.93. The van der Waals surface area contributed by atoms with Crippen LogP contribution in [0.15, 0.2) is 41.3 Å². The predicted octanol–water partition coefficient (Wildman–Crippen LogP) is 2.44. The average Bonchev–Trinajstić information content (AvgIpc) is 3.20. The van der Waals surface area contributed by atoms with E-state index in [-0.39, 0.29) is 35.6 Å². The summed E-state index contributed by atoms with van der Waals surface area (Å²) in [5, 5.41) is 30.5. The van der Waals surface area contributed by atoms with Gasteiger partial charge in [0.25, 0.3) is 15.7 Å². The number of hydrogen-bond donors (Lipinski definition) is 3. The Kier molecular flexibility index (Phi) is 6.83. The van der Waals surface area contributed by atoms with Crippen LogP contribution in [0.4, 0.5) is 17.1 Å². The van der Waals surface area contributed by atoms with Gasteiger partial charge in [0, 0.05) is 38.3 Å². The molecule has 3 N–H and O–H groups in total. The smallest absolute Gasteiger partial charge is 0.293 e. The third kappa shape index (κ3) is 4.97. The molecule has 1 aliphatic rings. The van der Waals surface area contributed by atoms with E-state index < -0.39 is 14.9 Å². The molecule has 9 nitrogen and oxygen atoms in total. The van der Waals surface area contributed by atoms with Crippen molar-refractivity contribution in [2.45, 2.75) is 25.2 Å². The molecule has 0 spiro atoms. The van der Waals surface area contributed by atoms with E-state index in [4.69, 9.17) is 0 Å². The molecule has 10 heteroatoms. The number of aliphatic hydroxyl groups is 2. The summed E-state index contributed by atoms with van der Waals surface area (Å²) >= 11 is 0. The second kappa shape index (κ2) is 9.21. The Morgan fingerprint density at radius 1 is 1.19 bits per heavy atom. The van der Waals surface area contributed by atoms with Crippen LogP contribution in [0, 0.1) is 35.8 Å². The molecule has 1 fully saturated rings. The van der Waals surface area contributed by atoms with E-state index in [9.17, 15) is 28.7 Å². The lowest BCUT2D eigenvalue weighted by molar-refractivity contribution is -0.384. The maximum Gasteiger partial charge on any atom is 0.293 e. The van der Waals surface area contributed by atoms with Crippen LogP contribution in [0.3, 0.4) is 0 Å². The Bertz CT molecular complexity index is 1070. The van der Waals surface area contributed by atoms with Crippen LogP contribution < -0.4 is 9.62 Å². The van der Waals surface area contributed by atoms with Crippen LogP contribution in [0.5, 0.6) is 0 Å². The van der Waals surface area contributed by atoms with Gasteiger partial charge in [-0.1, -0.05) is 17.7 Å². The van der Waals surface area contributed by atoms with Crippen LogP contribution in [0.1, 0.15) is 17.5 Å². The van der Waals surface area contributed by atoms with Gasteiger partial charge in [0.1, 0.15) is 5.69 Å². The quantitative estimate of drug-likeness (QED) is 0.416. The normalized spacial score (nSPS) is 16.7. The van der Waals surface area contributed by atoms with Crippen molar-refractivity contribution in [3.63, 3.8) is 0 Å². The highest BCUT2D eigenvalue weighted by atomic mass is 32.2. The Labute approximate surface area is 181 Å². The summed E-state index contributed by atoms with van der Waals surface area (Å²) < 4.78 is 28.2. The van der Waals surface area contributed by atoms with E-state index in [1.54, 1.807) is 24.0 Å². The van der Waals surface area contributed by atoms with E-state index in [0.717, 1.165) is 17.2 Å². The number of rotatable bonds is 8. The van der Waals surface area contributed by atoms with Gasteiger partial charge in [-0.05, 0) is 49.9 Å². The molecule has 2 aromatic rings. The molecule has 1 aliphatic heterocycles. The minimum absolute atomic E-state index is 0.00388. The first-order valence-electron chi connectivity index (χ1n) is 10.0. The number of aliphatic hydroxyl groups excluding tert-OH is 2. The third-order valence-corrected chi connectivity index (χ3v) is 7.14. The van der Waals surface area contributed by atoms with Gasteiger partial charge in [0.2, 0.25) is 0 Å². The van der Waals surface area contributed by atoms with Crippen molar-refractivity contribution in [2.75, 3.05) is 35.9 Å². The van der Waals surface area contributed by atoms with E-state index in [0.29, 0.717) is 30.9 Å². The summed E-state index contributed by atoms with van der Waals surface area (Å²) in [5.41, 5.74) is 2.19. The first-order valence-corrected chi connectivity index (χ1v) is 11.5. The SMILES string of the molecule is Cc1ccc(NS(=O)(=O)c2ccc(N3CC[C@H](C(CO)CO)C3)c([N+](=O)[O-])c2)c(C)c1. The molecule has 1 atom stereocenters. The molecule has 0 aromatic heterocycles. The topological polar surface area (TPSA) is 133 Å². The molecule has 0 bridgehead atoms. The third-order valence-electron chi connectivity index (χ3n) is 5.78. The summed E-state index contributed by atoms with van der Waals surface area (Å²) in [6.45, 7) is 4.34. The minimum Gasteiger partial charge on any atom is -0.396 e. The number of nitro groups is 1. The fourth-order valence-corrected chi connectivity index (χ4v) is 5.11. The fraction of sp³-hybridized carbons (Fsp3) is 0.429. The molecule has 3 rings (SSSR count). The lowest BCUT2D eigenvalue weighted by Gasteiger charge is -2.22.